The number of rotatable bonds is 5. The molecule has 1 amide bonds. The van der Waals surface area contributed by atoms with E-state index in [9.17, 15) is 14.4 Å². The lowest BCUT2D eigenvalue weighted by Crippen LogP contribution is -2.33. The number of anilines is 1. The summed E-state index contributed by atoms with van der Waals surface area (Å²) in [4.78, 5) is 44.9. The minimum absolute atomic E-state index is 0.137. The standard InChI is InChI=1S/C16H19N5O3/c1-9-7-13(22)21-16(19-9)18-6-5-17-14(23)11-8-10-3-2-4-12(10)20-15(11)24/h7-8H,2-6H2,1H3,(H,17,23)(H,20,24)(H2,18,19,21,22). The highest BCUT2D eigenvalue weighted by Gasteiger charge is 2.17. The number of aromatic nitrogens is 3. The summed E-state index contributed by atoms with van der Waals surface area (Å²) in [5.41, 5.74) is 2.13. The summed E-state index contributed by atoms with van der Waals surface area (Å²) in [6.45, 7) is 2.40. The number of carbonyl (C=O) groups is 1. The number of fused-ring (bicyclic) bond motifs is 1. The lowest BCUT2D eigenvalue weighted by molar-refractivity contribution is 0.0953. The molecule has 0 radical (unpaired) electrons. The minimum Gasteiger partial charge on any atom is -0.354 e. The Morgan fingerprint density at radius 1 is 1.21 bits per heavy atom. The van der Waals surface area contributed by atoms with Gasteiger partial charge in [-0.1, -0.05) is 0 Å². The third-order valence-electron chi connectivity index (χ3n) is 3.91. The molecule has 0 aromatic carbocycles. The molecule has 0 saturated carbocycles. The maximum atomic E-state index is 12.2. The van der Waals surface area contributed by atoms with Crippen molar-refractivity contribution in [2.24, 2.45) is 0 Å². The second-order valence-electron chi connectivity index (χ2n) is 5.79. The zero-order chi connectivity index (χ0) is 17.1. The van der Waals surface area contributed by atoms with E-state index >= 15 is 0 Å². The van der Waals surface area contributed by atoms with E-state index in [4.69, 9.17) is 0 Å². The van der Waals surface area contributed by atoms with Crippen molar-refractivity contribution >= 4 is 11.9 Å². The van der Waals surface area contributed by atoms with E-state index in [0.717, 1.165) is 30.5 Å². The molecule has 2 aromatic heterocycles. The summed E-state index contributed by atoms with van der Waals surface area (Å²) in [6.07, 6.45) is 2.75. The normalized spacial score (nSPS) is 12.7. The average Bonchev–Trinajstić information content (AvgIpc) is 2.96. The fourth-order valence-corrected chi connectivity index (χ4v) is 2.80. The number of hydrogen-bond acceptors (Lipinski definition) is 5. The molecular formula is C16H19N5O3. The van der Waals surface area contributed by atoms with Crippen LogP contribution in [-0.4, -0.2) is 33.9 Å². The summed E-state index contributed by atoms with van der Waals surface area (Å²) >= 11 is 0. The van der Waals surface area contributed by atoms with Crippen LogP contribution >= 0.6 is 0 Å². The van der Waals surface area contributed by atoms with Gasteiger partial charge in [0.2, 0.25) is 5.95 Å². The molecule has 2 aromatic rings. The molecule has 1 aliphatic carbocycles. The molecular weight excluding hydrogens is 310 g/mol. The highest BCUT2D eigenvalue weighted by molar-refractivity contribution is 5.94. The summed E-state index contributed by atoms with van der Waals surface area (Å²) < 4.78 is 0. The van der Waals surface area contributed by atoms with Gasteiger partial charge in [0.15, 0.2) is 0 Å². The molecule has 24 heavy (non-hydrogen) atoms. The van der Waals surface area contributed by atoms with Gasteiger partial charge in [0.25, 0.3) is 17.0 Å². The van der Waals surface area contributed by atoms with Crippen LogP contribution in [0.4, 0.5) is 5.95 Å². The molecule has 8 heteroatoms. The van der Waals surface area contributed by atoms with Crippen LogP contribution in [0.5, 0.6) is 0 Å². The molecule has 3 rings (SSSR count). The number of H-pyrrole nitrogens is 2. The number of amides is 1. The predicted octanol–water partition coefficient (Wildman–Crippen LogP) is 0.0972. The Kier molecular flexibility index (Phi) is 4.45. The number of hydrogen-bond donors (Lipinski definition) is 4. The van der Waals surface area contributed by atoms with Crippen LogP contribution in [0.15, 0.2) is 21.7 Å². The third kappa shape index (κ3) is 3.53. The molecule has 126 valence electrons. The largest absolute Gasteiger partial charge is 0.354 e. The number of aromatic amines is 2. The molecule has 0 bridgehead atoms. The van der Waals surface area contributed by atoms with E-state index in [-0.39, 0.29) is 16.7 Å². The van der Waals surface area contributed by atoms with Crippen LogP contribution in [0.2, 0.25) is 0 Å². The van der Waals surface area contributed by atoms with Crippen LogP contribution in [0.25, 0.3) is 0 Å². The van der Waals surface area contributed by atoms with Gasteiger partial charge in [-0.05, 0) is 37.8 Å². The van der Waals surface area contributed by atoms with Crippen molar-refractivity contribution in [3.8, 4) is 0 Å². The SMILES string of the molecule is Cc1cc(=O)[nH]c(NCCNC(=O)c2cc3c([nH]c2=O)CCC3)n1. The Morgan fingerprint density at radius 2 is 2.04 bits per heavy atom. The van der Waals surface area contributed by atoms with Crippen molar-refractivity contribution in [2.75, 3.05) is 18.4 Å². The first-order chi connectivity index (χ1) is 11.5. The lowest BCUT2D eigenvalue weighted by atomic mass is 10.1. The minimum atomic E-state index is -0.404. The number of pyridine rings is 1. The topological polar surface area (TPSA) is 120 Å². The fourth-order valence-electron chi connectivity index (χ4n) is 2.80. The van der Waals surface area contributed by atoms with Crippen LogP contribution < -0.4 is 21.8 Å². The van der Waals surface area contributed by atoms with Gasteiger partial charge in [0.1, 0.15) is 5.56 Å². The van der Waals surface area contributed by atoms with Crippen LogP contribution in [0, 0.1) is 6.92 Å². The predicted molar refractivity (Wildman–Crippen MR) is 89.5 cm³/mol. The molecule has 0 fully saturated rings. The molecule has 0 aliphatic heterocycles. The van der Waals surface area contributed by atoms with Crippen molar-refractivity contribution in [1.82, 2.24) is 20.3 Å². The molecule has 0 saturated heterocycles. The molecule has 4 N–H and O–H groups in total. The van der Waals surface area contributed by atoms with Gasteiger partial charge in [-0.15, -0.1) is 0 Å². The molecule has 0 atom stereocenters. The van der Waals surface area contributed by atoms with E-state index < -0.39 is 5.91 Å². The first-order valence-electron chi connectivity index (χ1n) is 7.88. The van der Waals surface area contributed by atoms with Gasteiger partial charge in [0, 0.05) is 30.5 Å². The molecule has 0 spiro atoms. The zero-order valence-electron chi connectivity index (χ0n) is 13.4. The average molecular weight is 329 g/mol. The summed E-state index contributed by atoms with van der Waals surface area (Å²) in [5, 5.41) is 5.61. The Balaban J connectivity index is 1.56. The first kappa shape index (κ1) is 16.0. The summed E-state index contributed by atoms with van der Waals surface area (Å²) in [5.74, 6) is -0.0527. The highest BCUT2D eigenvalue weighted by Crippen LogP contribution is 2.18. The third-order valence-corrected chi connectivity index (χ3v) is 3.91. The second kappa shape index (κ2) is 6.69. The van der Waals surface area contributed by atoms with Crippen LogP contribution in [-0.2, 0) is 12.8 Å². The maximum absolute atomic E-state index is 12.2. The first-order valence-corrected chi connectivity index (χ1v) is 7.88. The smallest absolute Gasteiger partial charge is 0.261 e. The van der Waals surface area contributed by atoms with Crippen molar-refractivity contribution in [2.45, 2.75) is 26.2 Å². The maximum Gasteiger partial charge on any atom is 0.261 e. The lowest BCUT2D eigenvalue weighted by Gasteiger charge is -2.08. The molecule has 1 aliphatic rings. The van der Waals surface area contributed by atoms with Gasteiger partial charge >= 0.3 is 0 Å². The van der Waals surface area contributed by atoms with Gasteiger partial charge < -0.3 is 15.6 Å². The van der Waals surface area contributed by atoms with Gasteiger partial charge in [0.05, 0.1) is 0 Å². The van der Waals surface area contributed by atoms with Crippen molar-refractivity contribution in [3.63, 3.8) is 0 Å². The number of aryl methyl sites for hydroxylation is 3. The summed E-state index contributed by atoms with van der Waals surface area (Å²) in [6, 6.07) is 3.08. The van der Waals surface area contributed by atoms with Crippen LogP contribution in [0.3, 0.4) is 0 Å². The Hall–Kier alpha value is -2.90. The second-order valence-corrected chi connectivity index (χ2v) is 5.79. The van der Waals surface area contributed by atoms with Crippen molar-refractivity contribution < 1.29 is 4.79 Å². The Bertz CT molecular complexity index is 884. The summed E-state index contributed by atoms with van der Waals surface area (Å²) in [7, 11) is 0. The van der Waals surface area contributed by atoms with Crippen molar-refractivity contribution in [1.29, 1.82) is 0 Å². The van der Waals surface area contributed by atoms with Crippen LogP contribution in [0.1, 0.15) is 33.7 Å². The Morgan fingerprint density at radius 3 is 2.83 bits per heavy atom. The number of nitrogens with zero attached hydrogens (tertiary/aromatic N) is 1. The van der Waals surface area contributed by atoms with Gasteiger partial charge in [-0.25, -0.2) is 4.98 Å². The quantitative estimate of drug-likeness (QED) is 0.580. The van der Waals surface area contributed by atoms with Gasteiger partial charge in [-0.3, -0.25) is 19.4 Å². The zero-order valence-corrected chi connectivity index (χ0v) is 13.4. The molecule has 2 heterocycles. The number of nitrogens with one attached hydrogen (secondary N) is 4. The number of carbonyl (C=O) groups excluding carboxylic acids is 1. The highest BCUT2D eigenvalue weighted by atomic mass is 16.2. The molecule has 0 unspecified atom stereocenters. The molecule has 8 nitrogen and oxygen atoms in total. The van der Waals surface area contributed by atoms with Crippen molar-refractivity contribution in [3.05, 3.63) is 55.4 Å². The van der Waals surface area contributed by atoms with E-state index in [0.29, 0.717) is 24.7 Å². The van der Waals surface area contributed by atoms with E-state index in [1.165, 1.54) is 6.07 Å². The van der Waals surface area contributed by atoms with E-state index in [1.54, 1.807) is 13.0 Å². The monoisotopic (exact) mass is 329 g/mol. The van der Waals surface area contributed by atoms with E-state index in [2.05, 4.69) is 25.6 Å². The van der Waals surface area contributed by atoms with Gasteiger partial charge in [-0.2, -0.15) is 0 Å². The van der Waals surface area contributed by atoms with E-state index in [1.807, 2.05) is 0 Å². The Labute approximate surface area is 137 Å². The fraction of sp³-hybridized carbons (Fsp3) is 0.375.